The van der Waals surface area contributed by atoms with E-state index in [0.29, 0.717) is 33.2 Å². The van der Waals surface area contributed by atoms with Gasteiger partial charge in [-0.3, -0.25) is 0 Å². The summed E-state index contributed by atoms with van der Waals surface area (Å²) in [6, 6.07) is 13.9. The molecular weight excluding hydrogens is 932 g/mol. The second kappa shape index (κ2) is 16.9. The van der Waals surface area contributed by atoms with Gasteiger partial charge in [0.1, 0.15) is 0 Å². The summed E-state index contributed by atoms with van der Waals surface area (Å²) in [6.07, 6.45) is 7.82. The van der Waals surface area contributed by atoms with Crippen molar-refractivity contribution in [2.24, 2.45) is 0 Å². The average Bonchev–Trinajstić information content (AvgIpc) is 4.15. The number of quaternary nitrogens is 6. The van der Waals surface area contributed by atoms with Gasteiger partial charge in [0.25, 0.3) is 0 Å². The third-order valence-corrected chi connectivity index (χ3v) is 34.1. The Labute approximate surface area is 431 Å². The van der Waals surface area contributed by atoms with Gasteiger partial charge in [-0.05, 0) is 64.9 Å². The molecule has 6 unspecified atom stereocenters. The number of hydrogen-bond acceptors (Lipinski definition) is 2. The molecular formula is C59H87FN6S2Si2+6. The third-order valence-electron chi connectivity index (χ3n) is 20.1. The smallest absolute Gasteiger partial charge is 0.177 e. The standard InChI is InChI=1S/C59H87FN6S2Si2/c1-42-30-43-31-53-51(20-28-69(45-14-22-61(2,3)36-45,46-15-23-62(4,5)37-46)47-16-24-63(6,7)38-47)56-35-58-44(33-59(60)68-58)32-54(56)52(55(53)34-57(43)67-42)21-29-70(48-17-25-64(8,9)39-48,49-18-26-65(10,11)40-49)50-19-27-66(12,13)41-50/h30-35,45-50H,14-19,22-27,36-41H2,1-13H3/q+6. The summed E-state index contributed by atoms with van der Waals surface area (Å²) >= 11 is 3.22. The van der Waals surface area contributed by atoms with Crippen LogP contribution in [0.1, 0.15) is 54.5 Å². The molecule has 6 atom stereocenters. The van der Waals surface area contributed by atoms with Crippen LogP contribution < -0.4 is 0 Å². The second-order valence-electron chi connectivity index (χ2n) is 28.4. The Kier molecular flexibility index (Phi) is 12.0. The van der Waals surface area contributed by atoms with Crippen LogP contribution in [-0.4, -0.2) is 206 Å². The number of aryl methyl sites for hydroxylation is 1. The molecule has 11 rings (SSSR count). The molecule has 374 valence electrons. The van der Waals surface area contributed by atoms with E-state index in [4.69, 9.17) is 0 Å². The van der Waals surface area contributed by atoms with Crippen LogP contribution >= 0.6 is 22.7 Å². The van der Waals surface area contributed by atoms with Crippen molar-refractivity contribution >= 4 is 80.5 Å². The van der Waals surface area contributed by atoms with E-state index in [9.17, 15) is 0 Å². The maximum absolute atomic E-state index is 15.6. The summed E-state index contributed by atoms with van der Waals surface area (Å²) in [5.74, 6) is 8.70. The SMILES string of the molecule is Cc1cc2cc3c(C#C[Si](C4CC[N+](C)(C)C4)(C4CC[N+](C)(C)C4)C4CC[N+](C)(C)C4)c4cc5sc(F)cc5cc4c(C#C[Si](C4CC[N+](C)(C)C4)(C4CC[N+](C)(C)C4)C4CC[N+](C)(C)C4)c3cc2s1. The predicted octanol–water partition coefficient (Wildman–Crippen LogP) is 10.7. The minimum atomic E-state index is -2.34. The van der Waals surface area contributed by atoms with E-state index < -0.39 is 16.1 Å². The largest absolute Gasteiger partial charge is 0.328 e. The summed E-state index contributed by atoms with van der Waals surface area (Å²) in [6.45, 7) is 17.3. The summed E-state index contributed by atoms with van der Waals surface area (Å²) in [7, 11) is 25.1. The van der Waals surface area contributed by atoms with Gasteiger partial charge in [0.15, 0.2) is 21.3 Å². The zero-order chi connectivity index (χ0) is 49.6. The summed E-state index contributed by atoms with van der Waals surface area (Å²) in [4.78, 5) is 1.35. The highest BCUT2D eigenvalue weighted by atomic mass is 32.1. The fourth-order valence-corrected chi connectivity index (χ4v) is 32.7. The highest BCUT2D eigenvalue weighted by molar-refractivity contribution is 7.19. The quantitative estimate of drug-likeness (QED) is 0.0688. The molecule has 6 saturated heterocycles. The lowest BCUT2D eigenvalue weighted by molar-refractivity contribution is -0.878. The molecule has 6 fully saturated rings. The van der Waals surface area contributed by atoms with Crippen LogP contribution in [0.5, 0.6) is 0 Å². The Hall–Kier alpha value is -2.66. The van der Waals surface area contributed by atoms with E-state index in [1.54, 1.807) is 6.07 Å². The molecule has 0 N–H and O–H groups in total. The van der Waals surface area contributed by atoms with Crippen LogP contribution in [0.4, 0.5) is 4.39 Å². The molecule has 0 spiro atoms. The highest BCUT2D eigenvalue weighted by Crippen LogP contribution is 2.56. The first-order valence-electron chi connectivity index (χ1n) is 27.3. The van der Waals surface area contributed by atoms with Gasteiger partial charge in [-0.25, -0.2) is 0 Å². The van der Waals surface area contributed by atoms with Crippen LogP contribution in [0, 0.1) is 35.0 Å². The van der Waals surface area contributed by atoms with Crippen molar-refractivity contribution in [1.82, 2.24) is 0 Å². The molecule has 6 aliphatic rings. The average molecular weight is 1020 g/mol. The summed E-state index contributed by atoms with van der Waals surface area (Å²) in [5.41, 5.74) is 15.8. The van der Waals surface area contributed by atoms with Crippen molar-refractivity contribution in [1.29, 1.82) is 0 Å². The number of rotatable bonds is 6. The van der Waals surface area contributed by atoms with E-state index >= 15 is 4.39 Å². The normalized spacial score (nSPS) is 31.2. The van der Waals surface area contributed by atoms with Gasteiger partial charge in [0.2, 0.25) is 0 Å². The Bertz CT molecular complexity index is 2620. The first-order valence-corrected chi connectivity index (χ1v) is 33.4. The van der Waals surface area contributed by atoms with Crippen LogP contribution in [0.2, 0.25) is 33.2 Å². The van der Waals surface area contributed by atoms with E-state index in [-0.39, 0.29) is 5.13 Å². The molecule has 5 aromatic rings. The Morgan fingerprint density at radius 3 is 1.00 bits per heavy atom. The first kappa shape index (κ1) is 49.6. The number of halogens is 1. The molecule has 0 aliphatic carbocycles. The van der Waals surface area contributed by atoms with Gasteiger partial charge in [0.05, 0.1) is 163 Å². The molecule has 3 aromatic carbocycles. The zero-order valence-electron chi connectivity index (χ0n) is 45.5. The molecule has 0 amide bonds. The van der Waals surface area contributed by atoms with Crippen molar-refractivity contribution in [3.8, 4) is 22.9 Å². The van der Waals surface area contributed by atoms with Gasteiger partial charge in [0, 0.05) is 108 Å². The lowest BCUT2D eigenvalue weighted by Gasteiger charge is -2.41. The number of thiophene rings is 2. The summed E-state index contributed by atoms with van der Waals surface area (Å²) < 4.78 is 24.7. The van der Waals surface area contributed by atoms with Crippen molar-refractivity contribution in [3.05, 3.63) is 57.5 Å². The lowest BCUT2D eigenvalue weighted by Crippen LogP contribution is -2.53. The topological polar surface area (TPSA) is 0 Å². The van der Waals surface area contributed by atoms with Gasteiger partial charge >= 0.3 is 0 Å². The molecule has 0 radical (unpaired) electrons. The van der Waals surface area contributed by atoms with Crippen LogP contribution in [0.15, 0.2) is 36.4 Å². The monoisotopic (exact) mass is 1020 g/mol. The van der Waals surface area contributed by atoms with Gasteiger partial charge < -0.3 is 26.9 Å². The third kappa shape index (κ3) is 8.80. The van der Waals surface area contributed by atoms with Crippen molar-refractivity contribution in [2.45, 2.75) is 78.7 Å². The molecule has 11 heteroatoms. The second-order valence-corrected chi connectivity index (χ2v) is 39.8. The zero-order valence-corrected chi connectivity index (χ0v) is 49.2. The number of nitrogens with zero attached hydrogens (tertiary/aromatic N) is 6. The minimum absolute atomic E-state index is 0.110. The van der Waals surface area contributed by atoms with Gasteiger partial charge in [-0.15, -0.1) is 33.8 Å². The Balaban J connectivity index is 1.21. The fraction of sp³-hybridized carbons (Fsp3) is 0.627. The van der Waals surface area contributed by atoms with E-state index in [2.05, 4.69) is 145 Å². The maximum atomic E-state index is 15.6. The first-order chi connectivity index (χ1) is 32.8. The van der Waals surface area contributed by atoms with Crippen LogP contribution in [0.25, 0.3) is 41.7 Å². The highest BCUT2D eigenvalue weighted by Gasteiger charge is 2.63. The Morgan fingerprint density at radius 1 is 0.414 bits per heavy atom. The van der Waals surface area contributed by atoms with E-state index in [1.165, 1.54) is 176 Å². The molecule has 6 aliphatic heterocycles. The van der Waals surface area contributed by atoms with Crippen molar-refractivity contribution < 1.29 is 31.3 Å². The maximum Gasteiger partial charge on any atom is 0.177 e. The number of likely N-dealkylation sites (tertiary alicyclic amines) is 6. The number of benzene rings is 3. The van der Waals surface area contributed by atoms with Crippen molar-refractivity contribution in [2.75, 3.05) is 163 Å². The Morgan fingerprint density at radius 2 is 0.700 bits per heavy atom. The van der Waals surface area contributed by atoms with Crippen LogP contribution in [-0.2, 0) is 0 Å². The molecule has 2 aromatic heterocycles. The van der Waals surface area contributed by atoms with Gasteiger partial charge in [-0.1, -0.05) is 11.8 Å². The number of hydrogen-bond donors (Lipinski definition) is 0. The predicted molar refractivity (Wildman–Crippen MR) is 303 cm³/mol. The molecule has 6 nitrogen and oxygen atoms in total. The molecule has 0 bridgehead atoms. The number of fused-ring (bicyclic) bond motifs is 4. The van der Waals surface area contributed by atoms with Gasteiger partial charge in [-0.2, -0.15) is 4.39 Å². The minimum Gasteiger partial charge on any atom is -0.328 e. The molecule has 0 saturated carbocycles. The molecule has 70 heavy (non-hydrogen) atoms. The van der Waals surface area contributed by atoms with E-state index in [0.717, 1.165) is 37.0 Å². The lowest BCUT2D eigenvalue weighted by atomic mass is 9.91. The van der Waals surface area contributed by atoms with Crippen LogP contribution in [0.3, 0.4) is 0 Å². The summed E-state index contributed by atoms with van der Waals surface area (Å²) in [5, 5.41) is 7.14. The fourth-order valence-electron chi connectivity index (χ4n) is 16.7. The van der Waals surface area contributed by atoms with E-state index in [1.807, 2.05) is 11.3 Å². The van der Waals surface area contributed by atoms with Crippen molar-refractivity contribution in [3.63, 3.8) is 0 Å². The molecule has 8 heterocycles.